The van der Waals surface area contributed by atoms with Gasteiger partial charge in [-0.15, -0.1) is 0 Å². The second kappa shape index (κ2) is 9.34. The Morgan fingerprint density at radius 3 is 2.64 bits per heavy atom. The van der Waals surface area contributed by atoms with Crippen molar-refractivity contribution in [1.82, 2.24) is 15.5 Å². The molecule has 0 saturated heterocycles. The lowest BCUT2D eigenvalue weighted by Crippen LogP contribution is -2.40. The molecule has 0 aromatic carbocycles. The molecule has 22 heavy (non-hydrogen) atoms. The Morgan fingerprint density at radius 1 is 1.32 bits per heavy atom. The number of furan rings is 1. The Bertz CT molecular complexity index is 432. The maximum absolute atomic E-state index is 12.2. The van der Waals surface area contributed by atoms with E-state index in [1.807, 2.05) is 12.1 Å². The fourth-order valence-corrected chi connectivity index (χ4v) is 1.92. The molecule has 0 saturated carbocycles. The third-order valence-electron chi connectivity index (χ3n) is 2.93. The van der Waals surface area contributed by atoms with E-state index in [0.717, 1.165) is 12.2 Å². The summed E-state index contributed by atoms with van der Waals surface area (Å²) in [6.45, 7) is 0.711. The van der Waals surface area contributed by atoms with Gasteiger partial charge < -0.3 is 15.1 Å². The molecular weight excluding hydrogens is 297 g/mol. The number of hydrogen-bond acceptors (Lipinski definition) is 3. The van der Waals surface area contributed by atoms with Crippen LogP contribution in [0.25, 0.3) is 0 Å². The molecule has 0 fully saturated rings. The van der Waals surface area contributed by atoms with Gasteiger partial charge in [0.25, 0.3) is 0 Å². The van der Waals surface area contributed by atoms with Crippen LogP contribution in [-0.4, -0.2) is 57.3 Å². The van der Waals surface area contributed by atoms with Crippen LogP contribution in [0, 0.1) is 0 Å². The van der Waals surface area contributed by atoms with E-state index in [-0.39, 0.29) is 0 Å². The lowest BCUT2D eigenvalue weighted by atomic mass is 10.3. The van der Waals surface area contributed by atoms with Gasteiger partial charge in [0.2, 0.25) is 0 Å². The van der Waals surface area contributed by atoms with Crippen molar-refractivity contribution in [1.29, 1.82) is 0 Å². The summed E-state index contributed by atoms with van der Waals surface area (Å²) >= 11 is 0. The maximum atomic E-state index is 12.2. The van der Waals surface area contributed by atoms with Crippen molar-refractivity contribution in [2.45, 2.75) is 19.0 Å². The molecule has 0 atom stereocenters. The van der Waals surface area contributed by atoms with Crippen molar-refractivity contribution >= 4 is 5.96 Å². The summed E-state index contributed by atoms with van der Waals surface area (Å²) in [5.41, 5.74) is 0. The van der Waals surface area contributed by atoms with E-state index < -0.39 is 12.7 Å². The van der Waals surface area contributed by atoms with Crippen molar-refractivity contribution in [3.05, 3.63) is 24.2 Å². The van der Waals surface area contributed by atoms with Crippen LogP contribution in [0.1, 0.15) is 12.2 Å². The lowest BCUT2D eigenvalue weighted by Gasteiger charge is -2.18. The van der Waals surface area contributed by atoms with E-state index in [9.17, 15) is 13.2 Å². The van der Waals surface area contributed by atoms with Crippen LogP contribution in [0.2, 0.25) is 0 Å². The molecule has 0 spiro atoms. The van der Waals surface area contributed by atoms with E-state index in [1.54, 1.807) is 13.3 Å². The largest absolute Gasteiger partial charge is 0.469 e. The topological polar surface area (TPSA) is 52.8 Å². The summed E-state index contributed by atoms with van der Waals surface area (Å²) in [5, 5.41) is 6.19. The van der Waals surface area contributed by atoms with Gasteiger partial charge in [-0.05, 0) is 32.1 Å². The third-order valence-corrected chi connectivity index (χ3v) is 2.93. The molecule has 126 valence electrons. The molecule has 8 heteroatoms. The van der Waals surface area contributed by atoms with Crippen molar-refractivity contribution in [3.8, 4) is 0 Å². The molecule has 0 aliphatic rings. The Morgan fingerprint density at radius 2 is 2.05 bits per heavy atom. The van der Waals surface area contributed by atoms with Gasteiger partial charge in [0.15, 0.2) is 5.96 Å². The minimum Gasteiger partial charge on any atom is -0.469 e. The number of nitrogens with one attached hydrogen (secondary N) is 2. The molecule has 1 aromatic heterocycles. The van der Waals surface area contributed by atoms with Crippen molar-refractivity contribution in [3.63, 3.8) is 0 Å². The molecule has 5 nitrogen and oxygen atoms in total. The van der Waals surface area contributed by atoms with Crippen LogP contribution in [0.3, 0.4) is 0 Å². The Hall–Kier alpha value is -1.70. The SMILES string of the molecule is CN=C(NCCCN(C)CC(F)(F)F)NCCc1ccco1. The minimum atomic E-state index is -4.15. The lowest BCUT2D eigenvalue weighted by molar-refractivity contribution is -0.143. The number of rotatable bonds is 8. The molecule has 0 aliphatic carbocycles. The van der Waals surface area contributed by atoms with Gasteiger partial charge in [0, 0.05) is 26.6 Å². The van der Waals surface area contributed by atoms with Crippen LogP contribution < -0.4 is 10.6 Å². The van der Waals surface area contributed by atoms with Gasteiger partial charge >= 0.3 is 6.18 Å². The minimum absolute atomic E-state index is 0.371. The Kier molecular flexibility index (Phi) is 7.79. The molecule has 2 N–H and O–H groups in total. The highest BCUT2D eigenvalue weighted by atomic mass is 19.4. The molecule has 0 bridgehead atoms. The first kappa shape index (κ1) is 18.3. The summed E-state index contributed by atoms with van der Waals surface area (Å²) in [4.78, 5) is 5.31. The van der Waals surface area contributed by atoms with Crippen molar-refractivity contribution in [2.75, 3.05) is 40.3 Å². The predicted octanol–water partition coefficient (Wildman–Crippen LogP) is 1.87. The number of nitrogens with zero attached hydrogens (tertiary/aromatic N) is 2. The molecule has 0 unspecified atom stereocenters. The molecule has 0 radical (unpaired) electrons. The number of alkyl halides is 3. The van der Waals surface area contributed by atoms with Crippen LogP contribution >= 0.6 is 0 Å². The standard InChI is InChI=1S/C14H23F3N4O/c1-18-13(20-8-6-12-5-3-10-22-12)19-7-4-9-21(2)11-14(15,16)17/h3,5,10H,4,6-9,11H2,1-2H3,(H2,18,19,20). The summed E-state index contributed by atoms with van der Waals surface area (Å²) in [7, 11) is 3.11. The fourth-order valence-electron chi connectivity index (χ4n) is 1.92. The predicted molar refractivity (Wildman–Crippen MR) is 79.9 cm³/mol. The number of aliphatic imine (C=N–C) groups is 1. The van der Waals surface area contributed by atoms with E-state index in [0.29, 0.717) is 32.0 Å². The van der Waals surface area contributed by atoms with Crippen LogP contribution in [0.5, 0.6) is 0 Å². The summed E-state index contributed by atoms with van der Waals surface area (Å²) in [5.74, 6) is 1.52. The monoisotopic (exact) mass is 320 g/mol. The summed E-state index contributed by atoms with van der Waals surface area (Å²) < 4.78 is 41.7. The highest BCUT2D eigenvalue weighted by Gasteiger charge is 2.28. The zero-order valence-electron chi connectivity index (χ0n) is 12.9. The van der Waals surface area contributed by atoms with Crippen molar-refractivity contribution in [2.24, 2.45) is 4.99 Å². The van der Waals surface area contributed by atoms with E-state index in [4.69, 9.17) is 4.42 Å². The normalized spacial score (nSPS) is 12.7. The summed E-state index contributed by atoms with van der Waals surface area (Å²) in [6, 6.07) is 3.73. The second-order valence-corrected chi connectivity index (χ2v) is 4.96. The Labute approximate surface area is 128 Å². The molecular formula is C14H23F3N4O. The molecule has 0 amide bonds. The van der Waals surface area contributed by atoms with E-state index in [2.05, 4.69) is 15.6 Å². The zero-order valence-corrected chi connectivity index (χ0v) is 12.9. The smallest absolute Gasteiger partial charge is 0.401 e. The number of guanidine groups is 1. The second-order valence-electron chi connectivity index (χ2n) is 4.96. The Balaban J connectivity index is 2.11. The summed E-state index contributed by atoms with van der Waals surface area (Å²) in [6.07, 6.45) is -1.18. The van der Waals surface area contributed by atoms with Crippen LogP contribution in [0.15, 0.2) is 27.8 Å². The average molecular weight is 320 g/mol. The van der Waals surface area contributed by atoms with Gasteiger partial charge in [-0.2, -0.15) is 13.2 Å². The van der Waals surface area contributed by atoms with Gasteiger partial charge in [-0.25, -0.2) is 0 Å². The first-order chi connectivity index (χ1) is 10.4. The number of halogens is 3. The van der Waals surface area contributed by atoms with E-state index >= 15 is 0 Å². The third kappa shape index (κ3) is 8.56. The van der Waals surface area contributed by atoms with Gasteiger partial charge in [0.1, 0.15) is 5.76 Å². The first-order valence-corrected chi connectivity index (χ1v) is 7.13. The molecule has 1 aromatic rings. The molecule has 1 rings (SSSR count). The number of hydrogen-bond donors (Lipinski definition) is 2. The average Bonchev–Trinajstić information content (AvgIpc) is 2.92. The molecule has 0 aliphatic heterocycles. The van der Waals surface area contributed by atoms with Crippen LogP contribution in [-0.2, 0) is 6.42 Å². The highest BCUT2D eigenvalue weighted by Crippen LogP contribution is 2.15. The van der Waals surface area contributed by atoms with Gasteiger partial charge in [0.05, 0.1) is 12.8 Å². The zero-order chi connectivity index (χ0) is 16.4. The first-order valence-electron chi connectivity index (χ1n) is 7.13. The quantitative estimate of drug-likeness (QED) is 0.436. The van der Waals surface area contributed by atoms with Gasteiger partial charge in [-0.1, -0.05) is 0 Å². The van der Waals surface area contributed by atoms with E-state index in [1.165, 1.54) is 11.9 Å². The van der Waals surface area contributed by atoms with Crippen LogP contribution in [0.4, 0.5) is 13.2 Å². The van der Waals surface area contributed by atoms with Gasteiger partial charge in [-0.3, -0.25) is 9.89 Å². The molecule has 1 heterocycles. The fraction of sp³-hybridized carbons (Fsp3) is 0.643. The van der Waals surface area contributed by atoms with Crippen molar-refractivity contribution < 1.29 is 17.6 Å². The highest BCUT2D eigenvalue weighted by molar-refractivity contribution is 5.79. The maximum Gasteiger partial charge on any atom is 0.401 e.